The van der Waals surface area contributed by atoms with Gasteiger partial charge in [-0.2, -0.15) is 8.78 Å². The lowest BCUT2D eigenvalue weighted by Gasteiger charge is -2.22. The number of ether oxygens (including phenoxy) is 1. The average molecular weight is 310 g/mol. The Hall–Kier alpha value is -0.910. The second-order valence-electron chi connectivity index (χ2n) is 3.81. The van der Waals surface area contributed by atoms with E-state index in [-0.39, 0.29) is 10.2 Å². The van der Waals surface area contributed by atoms with Gasteiger partial charge in [0.05, 0.1) is 10.2 Å². The number of rotatable bonds is 3. The normalized spacial score (nSPS) is 15.7. The van der Waals surface area contributed by atoms with Crippen LogP contribution in [0.3, 0.4) is 0 Å². The van der Waals surface area contributed by atoms with E-state index < -0.39 is 12.4 Å². The highest BCUT2D eigenvalue weighted by atomic mass is 79.9. The first kappa shape index (κ1) is 12.5. The molecule has 0 aromatic heterocycles. The third-order valence-electron chi connectivity index (χ3n) is 2.64. The van der Waals surface area contributed by atoms with Crippen LogP contribution in [0.15, 0.2) is 16.6 Å². The third-order valence-corrected chi connectivity index (χ3v) is 3.23. The highest BCUT2D eigenvalue weighted by Gasteiger charge is 2.22. The minimum absolute atomic E-state index is 0.00306. The molecule has 1 saturated heterocycles. The van der Waals surface area contributed by atoms with Gasteiger partial charge in [0.2, 0.25) is 0 Å². The molecule has 0 spiro atoms. The van der Waals surface area contributed by atoms with E-state index in [1.807, 2.05) is 4.90 Å². The molecule has 2 rings (SSSR count). The van der Waals surface area contributed by atoms with Gasteiger partial charge in [-0.15, -0.1) is 0 Å². The molecule has 0 amide bonds. The van der Waals surface area contributed by atoms with Crippen molar-refractivity contribution in [2.45, 2.75) is 19.5 Å². The summed E-state index contributed by atoms with van der Waals surface area (Å²) in [5.74, 6) is -0.469. The second kappa shape index (κ2) is 5.16. The first-order chi connectivity index (χ1) is 8.08. The highest BCUT2D eigenvalue weighted by Crippen LogP contribution is 2.39. The molecule has 0 bridgehead atoms. The zero-order valence-electron chi connectivity index (χ0n) is 8.93. The zero-order chi connectivity index (χ0) is 12.4. The van der Waals surface area contributed by atoms with Crippen LogP contribution in [0.5, 0.6) is 5.75 Å². The van der Waals surface area contributed by atoms with Crippen molar-refractivity contribution in [3.05, 3.63) is 22.4 Å². The maximum Gasteiger partial charge on any atom is 0.387 e. The van der Waals surface area contributed by atoms with Gasteiger partial charge in [0.15, 0.2) is 5.75 Å². The van der Waals surface area contributed by atoms with Crippen LogP contribution in [0.4, 0.5) is 18.9 Å². The van der Waals surface area contributed by atoms with Gasteiger partial charge in [-0.1, -0.05) is 0 Å². The quantitative estimate of drug-likeness (QED) is 0.842. The fourth-order valence-corrected chi connectivity index (χ4v) is 2.46. The Labute approximate surface area is 105 Å². The van der Waals surface area contributed by atoms with E-state index in [1.165, 1.54) is 6.07 Å². The third kappa shape index (κ3) is 2.86. The number of anilines is 1. The van der Waals surface area contributed by atoms with Crippen molar-refractivity contribution in [2.75, 3.05) is 18.0 Å². The van der Waals surface area contributed by atoms with Crippen molar-refractivity contribution in [3.8, 4) is 5.75 Å². The smallest absolute Gasteiger partial charge is 0.387 e. The second-order valence-corrected chi connectivity index (χ2v) is 4.66. The Kier molecular flexibility index (Phi) is 3.81. The number of hydrogen-bond acceptors (Lipinski definition) is 2. The maximum atomic E-state index is 13.3. The molecule has 1 aromatic rings. The molecule has 1 fully saturated rings. The summed E-state index contributed by atoms with van der Waals surface area (Å²) in [6.07, 6.45) is 1.95. The van der Waals surface area contributed by atoms with Crippen molar-refractivity contribution in [3.63, 3.8) is 0 Å². The van der Waals surface area contributed by atoms with Crippen LogP contribution in [0.1, 0.15) is 12.8 Å². The van der Waals surface area contributed by atoms with E-state index in [2.05, 4.69) is 20.7 Å². The summed E-state index contributed by atoms with van der Waals surface area (Å²) in [6, 6.07) is 2.35. The number of benzene rings is 1. The molecular formula is C11H11BrF3NO. The number of halogens is 4. The van der Waals surface area contributed by atoms with Gasteiger partial charge in [-0.3, -0.25) is 0 Å². The summed E-state index contributed by atoms with van der Waals surface area (Å²) >= 11 is 3.05. The molecule has 1 aliphatic rings. The minimum Gasteiger partial charge on any atom is -0.431 e. The van der Waals surface area contributed by atoms with Gasteiger partial charge in [0.1, 0.15) is 5.82 Å². The Morgan fingerprint density at radius 1 is 1.24 bits per heavy atom. The predicted molar refractivity (Wildman–Crippen MR) is 62.2 cm³/mol. The first-order valence-corrected chi connectivity index (χ1v) is 6.06. The number of alkyl halides is 2. The predicted octanol–water partition coefficient (Wildman–Crippen LogP) is 3.79. The Balaban J connectivity index is 2.39. The van der Waals surface area contributed by atoms with Crippen molar-refractivity contribution in [1.82, 2.24) is 0 Å². The van der Waals surface area contributed by atoms with Gasteiger partial charge in [0, 0.05) is 19.2 Å². The standard InChI is InChI=1S/C11H11BrF3NO/c12-8-5-7(13)6-9(10(8)17-11(14)15)16-3-1-2-4-16/h5-6,11H,1-4H2. The zero-order valence-corrected chi connectivity index (χ0v) is 10.5. The summed E-state index contributed by atoms with van der Waals surface area (Å²) in [7, 11) is 0. The van der Waals surface area contributed by atoms with E-state index in [9.17, 15) is 13.2 Å². The van der Waals surface area contributed by atoms with Crippen LogP contribution in [-0.4, -0.2) is 19.7 Å². The summed E-state index contributed by atoms with van der Waals surface area (Å²) in [6.45, 7) is -1.46. The average Bonchev–Trinajstić information content (AvgIpc) is 2.74. The number of hydrogen-bond donors (Lipinski definition) is 0. The summed E-state index contributed by atoms with van der Waals surface area (Å²) in [5, 5.41) is 0. The van der Waals surface area contributed by atoms with Crippen LogP contribution >= 0.6 is 15.9 Å². The Bertz CT molecular complexity index is 408. The molecule has 1 heterocycles. The van der Waals surface area contributed by atoms with Gasteiger partial charge in [-0.05, 0) is 34.8 Å². The molecular weight excluding hydrogens is 299 g/mol. The van der Waals surface area contributed by atoms with E-state index in [1.54, 1.807) is 0 Å². The lowest BCUT2D eigenvalue weighted by Crippen LogP contribution is -2.19. The Morgan fingerprint density at radius 2 is 1.88 bits per heavy atom. The Morgan fingerprint density at radius 3 is 2.47 bits per heavy atom. The fraction of sp³-hybridized carbons (Fsp3) is 0.455. The lowest BCUT2D eigenvalue weighted by atomic mass is 10.2. The molecule has 0 N–H and O–H groups in total. The molecule has 0 saturated carbocycles. The van der Waals surface area contributed by atoms with Crippen molar-refractivity contribution in [1.29, 1.82) is 0 Å². The van der Waals surface area contributed by atoms with Crippen LogP contribution in [0.2, 0.25) is 0 Å². The van der Waals surface area contributed by atoms with E-state index in [4.69, 9.17) is 0 Å². The monoisotopic (exact) mass is 309 g/mol. The molecule has 6 heteroatoms. The molecule has 1 aliphatic heterocycles. The molecule has 2 nitrogen and oxygen atoms in total. The minimum atomic E-state index is -2.92. The molecule has 0 unspecified atom stereocenters. The summed E-state index contributed by atoms with van der Waals surface area (Å²) in [4.78, 5) is 1.85. The largest absolute Gasteiger partial charge is 0.431 e. The van der Waals surface area contributed by atoms with Crippen LogP contribution in [0, 0.1) is 5.82 Å². The van der Waals surface area contributed by atoms with Gasteiger partial charge >= 0.3 is 6.61 Å². The van der Waals surface area contributed by atoms with Crippen LogP contribution in [0.25, 0.3) is 0 Å². The summed E-state index contributed by atoms with van der Waals surface area (Å²) in [5.41, 5.74) is 0.384. The van der Waals surface area contributed by atoms with Gasteiger partial charge in [0.25, 0.3) is 0 Å². The fourth-order valence-electron chi connectivity index (χ4n) is 1.95. The molecule has 0 radical (unpaired) electrons. The first-order valence-electron chi connectivity index (χ1n) is 5.26. The van der Waals surface area contributed by atoms with E-state index >= 15 is 0 Å². The van der Waals surface area contributed by atoms with Gasteiger partial charge in [-0.25, -0.2) is 4.39 Å². The van der Waals surface area contributed by atoms with E-state index in [0.29, 0.717) is 5.69 Å². The molecule has 1 aromatic carbocycles. The van der Waals surface area contributed by atoms with Crippen LogP contribution < -0.4 is 9.64 Å². The van der Waals surface area contributed by atoms with Gasteiger partial charge < -0.3 is 9.64 Å². The molecule has 0 atom stereocenters. The topological polar surface area (TPSA) is 12.5 Å². The van der Waals surface area contributed by atoms with E-state index in [0.717, 1.165) is 32.0 Å². The lowest BCUT2D eigenvalue weighted by molar-refractivity contribution is -0.0500. The molecule has 17 heavy (non-hydrogen) atoms. The summed E-state index contributed by atoms with van der Waals surface area (Å²) < 4.78 is 42.6. The van der Waals surface area contributed by atoms with Crippen molar-refractivity contribution >= 4 is 21.6 Å². The molecule has 0 aliphatic carbocycles. The molecule has 94 valence electrons. The maximum absolute atomic E-state index is 13.3. The number of nitrogens with zero attached hydrogens (tertiary/aromatic N) is 1. The SMILES string of the molecule is Fc1cc(Br)c(OC(F)F)c(N2CCCC2)c1. The highest BCUT2D eigenvalue weighted by molar-refractivity contribution is 9.10. The van der Waals surface area contributed by atoms with Crippen molar-refractivity contribution in [2.24, 2.45) is 0 Å². The van der Waals surface area contributed by atoms with Crippen LogP contribution in [-0.2, 0) is 0 Å². The van der Waals surface area contributed by atoms with Crippen molar-refractivity contribution < 1.29 is 17.9 Å².